The second-order valence-electron chi connectivity index (χ2n) is 2.94. The molecule has 72 valence electrons. The van der Waals surface area contributed by atoms with Crippen LogP contribution in [0.15, 0.2) is 31.0 Å². The SMILES string of the molecule is S=CC1NC=CN1Cc1ccncn1. The van der Waals surface area contributed by atoms with Crippen molar-refractivity contribution in [2.45, 2.75) is 12.7 Å². The fourth-order valence-corrected chi connectivity index (χ4v) is 1.53. The number of rotatable bonds is 3. The molecule has 1 N–H and O–H groups in total. The van der Waals surface area contributed by atoms with Crippen LogP contribution in [0.1, 0.15) is 5.69 Å². The Morgan fingerprint density at radius 1 is 1.64 bits per heavy atom. The van der Waals surface area contributed by atoms with E-state index >= 15 is 0 Å². The molecular weight excluding hydrogens is 196 g/mol. The Kier molecular flexibility index (Phi) is 2.69. The van der Waals surface area contributed by atoms with Crippen molar-refractivity contribution in [3.05, 3.63) is 36.7 Å². The molecule has 0 bridgehead atoms. The molecule has 2 rings (SSSR count). The summed E-state index contributed by atoms with van der Waals surface area (Å²) in [6, 6.07) is 1.90. The number of aromatic nitrogens is 2. The summed E-state index contributed by atoms with van der Waals surface area (Å²) in [7, 11) is 0. The van der Waals surface area contributed by atoms with Crippen LogP contribution < -0.4 is 5.32 Å². The van der Waals surface area contributed by atoms with Crippen molar-refractivity contribution in [3.8, 4) is 0 Å². The highest BCUT2D eigenvalue weighted by Gasteiger charge is 2.15. The maximum atomic E-state index is 4.90. The summed E-state index contributed by atoms with van der Waals surface area (Å²) in [5.41, 5.74) is 0.982. The van der Waals surface area contributed by atoms with E-state index in [1.165, 1.54) is 0 Å². The lowest BCUT2D eigenvalue weighted by Crippen LogP contribution is -2.35. The molecule has 1 atom stereocenters. The maximum Gasteiger partial charge on any atom is 0.128 e. The monoisotopic (exact) mass is 206 g/mol. The van der Waals surface area contributed by atoms with Crippen molar-refractivity contribution in [1.29, 1.82) is 0 Å². The predicted octanol–water partition coefficient (Wildman–Crippen LogP) is 0.679. The van der Waals surface area contributed by atoms with Gasteiger partial charge in [0.25, 0.3) is 0 Å². The van der Waals surface area contributed by atoms with Crippen LogP contribution in [0.3, 0.4) is 0 Å². The first kappa shape index (κ1) is 9.08. The van der Waals surface area contributed by atoms with Gasteiger partial charge in [-0.3, -0.25) is 0 Å². The minimum absolute atomic E-state index is 0.0972. The summed E-state index contributed by atoms with van der Waals surface area (Å²) in [6.07, 6.45) is 7.24. The van der Waals surface area contributed by atoms with Crippen molar-refractivity contribution < 1.29 is 0 Å². The second-order valence-corrected chi connectivity index (χ2v) is 3.21. The van der Waals surface area contributed by atoms with Gasteiger partial charge in [-0.25, -0.2) is 9.97 Å². The van der Waals surface area contributed by atoms with Gasteiger partial charge in [0.2, 0.25) is 0 Å². The van der Waals surface area contributed by atoms with E-state index in [1.807, 2.05) is 18.5 Å². The first-order valence-corrected chi connectivity index (χ1v) is 4.76. The van der Waals surface area contributed by atoms with Crippen LogP contribution in [0.5, 0.6) is 0 Å². The summed E-state index contributed by atoms with van der Waals surface area (Å²) in [4.78, 5) is 10.1. The smallest absolute Gasteiger partial charge is 0.128 e. The predicted molar refractivity (Wildman–Crippen MR) is 57.3 cm³/mol. The molecule has 0 saturated heterocycles. The Morgan fingerprint density at radius 2 is 2.57 bits per heavy atom. The average molecular weight is 206 g/mol. The van der Waals surface area contributed by atoms with Gasteiger partial charge in [-0.05, 0) is 6.07 Å². The van der Waals surface area contributed by atoms with Crippen molar-refractivity contribution in [3.63, 3.8) is 0 Å². The van der Waals surface area contributed by atoms with Gasteiger partial charge in [0, 0.05) is 24.0 Å². The molecule has 1 aromatic rings. The maximum absolute atomic E-state index is 4.90. The first-order valence-electron chi connectivity index (χ1n) is 4.29. The molecule has 5 heteroatoms. The Balaban J connectivity index is 2.04. The third-order valence-electron chi connectivity index (χ3n) is 2.01. The fourth-order valence-electron chi connectivity index (χ4n) is 1.29. The Hall–Kier alpha value is -1.49. The molecule has 2 heterocycles. The highest BCUT2D eigenvalue weighted by atomic mass is 32.1. The third kappa shape index (κ3) is 1.88. The van der Waals surface area contributed by atoms with E-state index < -0.39 is 0 Å². The van der Waals surface area contributed by atoms with Crippen LogP contribution in [0, 0.1) is 0 Å². The van der Waals surface area contributed by atoms with Crippen LogP contribution in [-0.4, -0.2) is 26.4 Å². The van der Waals surface area contributed by atoms with Gasteiger partial charge in [0.1, 0.15) is 12.5 Å². The lowest BCUT2D eigenvalue weighted by molar-refractivity contribution is 0.337. The third-order valence-corrected chi connectivity index (χ3v) is 2.26. The van der Waals surface area contributed by atoms with Crippen molar-refractivity contribution in [2.75, 3.05) is 0 Å². The first-order chi connectivity index (χ1) is 6.90. The minimum Gasteiger partial charge on any atom is -0.366 e. The molecular formula is C9H10N4S. The molecule has 0 spiro atoms. The van der Waals surface area contributed by atoms with Gasteiger partial charge in [0.15, 0.2) is 0 Å². The van der Waals surface area contributed by atoms with Crippen LogP contribution >= 0.6 is 12.2 Å². The van der Waals surface area contributed by atoms with E-state index in [9.17, 15) is 0 Å². The van der Waals surface area contributed by atoms with Crippen LogP contribution in [-0.2, 0) is 6.54 Å². The average Bonchev–Trinajstić information content (AvgIpc) is 2.67. The summed E-state index contributed by atoms with van der Waals surface area (Å²) in [5, 5.41) is 4.81. The number of hydrogen-bond acceptors (Lipinski definition) is 5. The fraction of sp³-hybridized carbons (Fsp3) is 0.222. The van der Waals surface area contributed by atoms with Crippen molar-refractivity contribution in [1.82, 2.24) is 20.2 Å². The molecule has 0 radical (unpaired) electrons. The highest BCUT2D eigenvalue weighted by molar-refractivity contribution is 7.79. The van der Waals surface area contributed by atoms with Gasteiger partial charge >= 0.3 is 0 Å². The molecule has 0 saturated carbocycles. The largest absolute Gasteiger partial charge is 0.366 e. The van der Waals surface area contributed by atoms with Crippen molar-refractivity contribution in [2.24, 2.45) is 0 Å². The number of thiocarbonyl (C=S) groups is 1. The zero-order valence-corrected chi connectivity index (χ0v) is 8.31. The van der Waals surface area contributed by atoms with E-state index in [-0.39, 0.29) is 6.17 Å². The minimum atomic E-state index is 0.0972. The van der Waals surface area contributed by atoms with E-state index in [1.54, 1.807) is 17.9 Å². The van der Waals surface area contributed by atoms with E-state index in [2.05, 4.69) is 20.2 Å². The summed E-state index contributed by atoms with van der Waals surface area (Å²) in [5.74, 6) is 0. The molecule has 0 amide bonds. The number of hydrogen-bond donors (Lipinski definition) is 1. The molecule has 1 aliphatic heterocycles. The molecule has 4 nitrogen and oxygen atoms in total. The van der Waals surface area contributed by atoms with Crippen LogP contribution in [0.4, 0.5) is 0 Å². The molecule has 0 aliphatic carbocycles. The molecule has 1 unspecified atom stereocenters. The van der Waals surface area contributed by atoms with Crippen LogP contribution in [0.25, 0.3) is 0 Å². The Bertz CT molecular complexity index is 338. The lowest BCUT2D eigenvalue weighted by atomic mass is 10.3. The number of nitrogens with zero attached hydrogens (tertiary/aromatic N) is 3. The van der Waals surface area contributed by atoms with Gasteiger partial charge in [-0.1, -0.05) is 12.2 Å². The number of nitrogens with one attached hydrogen (secondary N) is 1. The summed E-state index contributed by atoms with van der Waals surface area (Å²) in [6.45, 7) is 0.740. The van der Waals surface area contributed by atoms with Gasteiger partial charge in [-0.15, -0.1) is 0 Å². The molecule has 1 aliphatic rings. The van der Waals surface area contributed by atoms with E-state index in [4.69, 9.17) is 12.2 Å². The van der Waals surface area contributed by atoms with Gasteiger partial charge in [-0.2, -0.15) is 0 Å². The topological polar surface area (TPSA) is 41.0 Å². The van der Waals surface area contributed by atoms with E-state index in [0.29, 0.717) is 0 Å². The highest BCUT2D eigenvalue weighted by Crippen LogP contribution is 2.07. The zero-order valence-electron chi connectivity index (χ0n) is 7.50. The Labute approximate surface area is 87.7 Å². The van der Waals surface area contributed by atoms with E-state index in [0.717, 1.165) is 12.2 Å². The standard InChI is InChI=1S/C9H10N4S/c14-6-9-11-3-4-13(9)5-8-1-2-10-7-12-8/h1-4,6-7,9,11H,5H2. The zero-order chi connectivity index (χ0) is 9.80. The van der Waals surface area contributed by atoms with Crippen LogP contribution in [0.2, 0.25) is 0 Å². The second kappa shape index (κ2) is 4.15. The molecule has 1 aromatic heterocycles. The summed E-state index contributed by atoms with van der Waals surface area (Å²) < 4.78 is 0. The summed E-state index contributed by atoms with van der Waals surface area (Å²) >= 11 is 4.90. The molecule has 14 heavy (non-hydrogen) atoms. The molecule has 0 aromatic carbocycles. The van der Waals surface area contributed by atoms with Gasteiger partial charge in [0.05, 0.1) is 12.2 Å². The lowest BCUT2D eigenvalue weighted by Gasteiger charge is -2.21. The quantitative estimate of drug-likeness (QED) is 0.736. The van der Waals surface area contributed by atoms with Gasteiger partial charge < -0.3 is 10.2 Å². The molecule has 0 fully saturated rings. The normalized spacial score (nSPS) is 19.4. The van der Waals surface area contributed by atoms with Crippen molar-refractivity contribution >= 4 is 17.6 Å². The Morgan fingerprint density at radius 3 is 3.29 bits per heavy atom.